The summed E-state index contributed by atoms with van der Waals surface area (Å²) in [5.74, 6) is 0.505. The van der Waals surface area contributed by atoms with E-state index in [0.29, 0.717) is 17.3 Å². The van der Waals surface area contributed by atoms with Gasteiger partial charge in [0.1, 0.15) is 6.61 Å². The molecule has 0 aliphatic heterocycles. The molecular formula is C23H20N6O2. The molecular weight excluding hydrogens is 392 g/mol. The quantitative estimate of drug-likeness (QED) is 0.466. The Hall–Kier alpha value is -4.25. The number of aromatic nitrogens is 5. The van der Waals surface area contributed by atoms with Crippen molar-refractivity contribution in [1.82, 2.24) is 24.8 Å². The van der Waals surface area contributed by atoms with Gasteiger partial charge in [-0.05, 0) is 59.2 Å². The van der Waals surface area contributed by atoms with E-state index in [1.165, 1.54) is 9.36 Å². The predicted octanol–water partition coefficient (Wildman–Crippen LogP) is 3.77. The van der Waals surface area contributed by atoms with E-state index >= 15 is 0 Å². The molecule has 0 aliphatic carbocycles. The van der Waals surface area contributed by atoms with Crippen molar-refractivity contribution in [1.29, 1.82) is 0 Å². The third-order valence-corrected chi connectivity index (χ3v) is 5.03. The minimum atomic E-state index is -0.327. The summed E-state index contributed by atoms with van der Waals surface area (Å²) >= 11 is 0. The molecule has 0 N–H and O–H groups in total. The average molecular weight is 412 g/mol. The van der Waals surface area contributed by atoms with Crippen molar-refractivity contribution < 1.29 is 4.74 Å². The first-order chi connectivity index (χ1) is 15.0. The Morgan fingerprint density at radius 1 is 1.03 bits per heavy atom. The normalized spacial score (nSPS) is 10.6. The minimum absolute atomic E-state index is 0.228. The third kappa shape index (κ3) is 3.94. The number of aryl methyl sites for hydroxylation is 3. The fourth-order valence-electron chi connectivity index (χ4n) is 3.30. The van der Waals surface area contributed by atoms with E-state index in [1.807, 2.05) is 56.3 Å². The molecule has 0 saturated carbocycles. The van der Waals surface area contributed by atoms with Crippen LogP contribution >= 0.6 is 0 Å². The van der Waals surface area contributed by atoms with Crippen LogP contribution in [0, 0.1) is 20.4 Å². The van der Waals surface area contributed by atoms with E-state index < -0.39 is 0 Å². The smallest absolute Gasteiger partial charge is 0.368 e. The van der Waals surface area contributed by atoms with Gasteiger partial charge in [-0.25, -0.2) is 14.6 Å². The topological polar surface area (TPSA) is 79.2 Å². The lowest BCUT2D eigenvalue weighted by Crippen LogP contribution is -2.23. The lowest BCUT2D eigenvalue weighted by atomic mass is 10.1. The molecule has 0 aliphatic rings. The van der Waals surface area contributed by atoms with Crippen molar-refractivity contribution >= 4 is 5.69 Å². The van der Waals surface area contributed by atoms with Crippen LogP contribution in [0.1, 0.15) is 16.7 Å². The molecule has 154 valence electrons. The zero-order valence-electron chi connectivity index (χ0n) is 17.4. The maximum Gasteiger partial charge on any atom is 0.368 e. The Morgan fingerprint density at radius 3 is 2.55 bits per heavy atom. The van der Waals surface area contributed by atoms with Crippen LogP contribution in [0.25, 0.3) is 21.7 Å². The van der Waals surface area contributed by atoms with Crippen LogP contribution in [0.3, 0.4) is 0 Å². The van der Waals surface area contributed by atoms with Crippen LogP contribution in [-0.2, 0) is 13.7 Å². The fourth-order valence-corrected chi connectivity index (χ4v) is 3.30. The number of nitrogens with zero attached hydrogens (tertiary/aromatic N) is 6. The van der Waals surface area contributed by atoms with Gasteiger partial charge in [0.25, 0.3) is 0 Å². The Kier molecular flexibility index (Phi) is 5.33. The minimum Gasteiger partial charge on any atom is -0.473 e. The van der Waals surface area contributed by atoms with Gasteiger partial charge < -0.3 is 4.74 Å². The molecule has 0 radical (unpaired) electrons. The Balaban J connectivity index is 1.61. The molecule has 0 spiro atoms. The van der Waals surface area contributed by atoms with Crippen LogP contribution in [0.4, 0.5) is 5.69 Å². The van der Waals surface area contributed by atoms with Gasteiger partial charge in [-0.15, -0.1) is 0 Å². The third-order valence-electron chi connectivity index (χ3n) is 5.03. The van der Waals surface area contributed by atoms with Crippen LogP contribution in [0.15, 0.2) is 59.5 Å². The number of benzene rings is 2. The highest BCUT2D eigenvalue weighted by atomic mass is 16.5. The number of tetrazole rings is 1. The summed E-state index contributed by atoms with van der Waals surface area (Å²) in [5, 5.41) is 7.74. The van der Waals surface area contributed by atoms with E-state index in [9.17, 15) is 4.79 Å². The summed E-state index contributed by atoms with van der Waals surface area (Å²) in [5.41, 5.74) is 5.41. The fraction of sp³-hybridized carbons (Fsp3) is 0.174. The SMILES string of the molecule is [C-]#[N+]c1cccc(-c2cnc(OCc3c(C)cccc3-n3nnn(C)c3=O)c(C)c2)c1. The van der Waals surface area contributed by atoms with E-state index in [-0.39, 0.29) is 12.3 Å². The van der Waals surface area contributed by atoms with E-state index in [1.54, 1.807) is 19.3 Å². The van der Waals surface area contributed by atoms with Crippen molar-refractivity contribution in [2.45, 2.75) is 20.5 Å². The summed E-state index contributed by atoms with van der Waals surface area (Å²) in [7, 11) is 1.56. The van der Waals surface area contributed by atoms with E-state index in [0.717, 1.165) is 27.8 Å². The molecule has 0 unspecified atom stereocenters. The molecule has 4 aromatic rings. The number of pyridine rings is 1. The molecule has 0 fully saturated rings. The van der Waals surface area contributed by atoms with Gasteiger partial charge in [0, 0.05) is 24.4 Å². The van der Waals surface area contributed by atoms with Crippen molar-refractivity contribution in [2.75, 3.05) is 0 Å². The molecule has 0 atom stereocenters. The second kappa shape index (κ2) is 8.24. The molecule has 0 bridgehead atoms. The summed E-state index contributed by atoms with van der Waals surface area (Å²) in [6.45, 7) is 11.3. The highest BCUT2D eigenvalue weighted by Crippen LogP contribution is 2.28. The molecule has 2 heterocycles. The van der Waals surface area contributed by atoms with Crippen LogP contribution in [0.5, 0.6) is 5.88 Å². The maximum atomic E-state index is 12.3. The molecule has 8 nitrogen and oxygen atoms in total. The van der Waals surface area contributed by atoms with E-state index in [2.05, 4.69) is 20.3 Å². The molecule has 0 saturated heterocycles. The zero-order chi connectivity index (χ0) is 22.0. The summed E-state index contributed by atoms with van der Waals surface area (Å²) in [6.07, 6.45) is 1.73. The Morgan fingerprint density at radius 2 is 1.84 bits per heavy atom. The largest absolute Gasteiger partial charge is 0.473 e. The Labute approximate surface area is 179 Å². The lowest BCUT2D eigenvalue weighted by Gasteiger charge is -2.14. The lowest BCUT2D eigenvalue weighted by molar-refractivity contribution is 0.290. The first-order valence-corrected chi connectivity index (χ1v) is 9.63. The zero-order valence-corrected chi connectivity index (χ0v) is 17.4. The second-order valence-electron chi connectivity index (χ2n) is 7.17. The average Bonchev–Trinajstić information content (AvgIpc) is 3.11. The number of hydrogen-bond acceptors (Lipinski definition) is 5. The van der Waals surface area contributed by atoms with Crippen LogP contribution in [0.2, 0.25) is 0 Å². The van der Waals surface area contributed by atoms with Crippen molar-refractivity contribution in [3.63, 3.8) is 0 Å². The summed E-state index contributed by atoms with van der Waals surface area (Å²) in [4.78, 5) is 20.3. The highest BCUT2D eigenvalue weighted by Gasteiger charge is 2.14. The van der Waals surface area contributed by atoms with Gasteiger partial charge in [-0.1, -0.05) is 30.3 Å². The molecule has 31 heavy (non-hydrogen) atoms. The van der Waals surface area contributed by atoms with Gasteiger partial charge in [-0.3, -0.25) is 0 Å². The summed E-state index contributed by atoms with van der Waals surface area (Å²) in [6, 6.07) is 15.0. The molecule has 2 aromatic heterocycles. The number of ether oxygens (including phenoxy) is 1. The van der Waals surface area contributed by atoms with Crippen molar-refractivity contribution in [3.8, 4) is 22.7 Å². The standard InChI is InChI=1S/C23H20N6O2/c1-15-7-5-10-21(29-23(30)28(4)26-27-29)20(15)14-31-22-16(2)11-18(13-25-22)17-8-6-9-19(12-17)24-3/h5-13H,14H2,1-2,4H3. The monoisotopic (exact) mass is 412 g/mol. The van der Waals surface area contributed by atoms with Crippen LogP contribution in [-0.4, -0.2) is 24.8 Å². The van der Waals surface area contributed by atoms with Gasteiger partial charge in [-0.2, -0.15) is 9.36 Å². The Bertz CT molecular complexity index is 1360. The van der Waals surface area contributed by atoms with E-state index in [4.69, 9.17) is 11.3 Å². The summed E-state index contributed by atoms with van der Waals surface area (Å²) < 4.78 is 8.46. The van der Waals surface area contributed by atoms with Gasteiger partial charge in [0.2, 0.25) is 5.88 Å². The molecule has 4 rings (SSSR count). The number of rotatable bonds is 5. The highest BCUT2D eigenvalue weighted by molar-refractivity contribution is 5.68. The molecule has 2 aromatic carbocycles. The first-order valence-electron chi connectivity index (χ1n) is 9.63. The molecule has 0 amide bonds. The van der Waals surface area contributed by atoms with Gasteiger partial charge in [0.15, 0.2) is 5.69 Å². The van der Waals surface area contributed by atoms with Gasteiger partial charge >= 0.3 is 5.69 Å². The van der Waals surface area contributed by atoms with Gasteiger partial charge in [0.05, 0.1) is 12.3 Å². The number of hydrogen-bond donors (Lipinski definition) is 0. The predicted molar refractivity (Wildman–Crippen MR) is 116 cm³/mol. The first kappa shape index (κ1) is 20.0. The molecule has 8 heteroatoms. The van der Waals surface area contributed by atoms with Crippen molar-refractivity contribution in [2.24, 2.45) is 7.05 Å². The van der Waals surface area contributed by atoms with Crippen molar-refractivity contribution in [3.05, 3.63) is 93.3 Å². The second-order valence-corrected chi connectivity index (χ2v) is 7.17. The maximum absolute atomic E-state index is 12.3. The van der Waals surface area contributed by atoms with Crippen LogP contribution < -0.4 is 10.4 Å².